The average molecular weight is 290 g/mol. The number of nitrogens with zero attached hydrogens (tertiary/aromatic N) is 3. The number of nitrogens with one attached hydrogen (secondary N) is 1. The molecule has 2 fully saturated rings. The van der Waals surface area contributed by atoms with Crippen molar-refractivity contribution in [3.8, 4) is 0 Å². The van der Waals surface area contributed by atoms with Gasteiger partial charge in [0.05, 0.1) is 10.8 Å². The molecule has 0 unspecified atom stereocenters. The molecule has 0 atom stereocenters. The summed E-state index contributed by atoms with van der Waals surface area (Å²) in [4.78, 5) is 26.7. The lowest BCUT2D eigenvalue weighted by atomic mass is 10.0. The molecule has 7 heteroatoms. The number of carbonyl (C=O) groups excluding carboxylic acids is 1. The van der Waals surface area contributed by atoms with Gasteiger partial charge in [0, 0.05) is 45.3 Å². The Hall–Kier alpha value is -2.15. The first-order chi connectivity index (χ1) is 10.2. The van der Waals surface area contributed by atoms with Crippen LogP contribution in [0.4, 0.5) is 11.4 Å². The number of anilines is 1. The monoisotopic (exact) mass is 290 g/mol. The lowest BCUT2D eigenvalue weighted by Crippen LogP contribution is -2.56. The van der Waals surface area contributed by atoms with Gasteiger partial charge in [0.15, 0.2) is 0 Å². The number of benzene rings is 1. The highest BCUT2D eigenvalue weighted by molar-refractivity contribution is 5.80. The van der Waals surface area contributed by atoms with Crippen molar-refractivity contribution < 1.29 is 9.72 Å². The summed E-state index contributed by atoms with van der Waals surface area (Å²) in [7, 11) is 0. The van der Waals surface area contributed by atoms with Crippen molar-refractivity contribution in [2.75, 3.05) is 44.2 Å². The molecular formula is C14H18N4O3. The highest BCUT2D eigenvalue weighted by atomic mass is 16.6. The highest BCUT2D eigenvalue weighted by Gasteiger charge is 2.32. The normalized spacial score (nSPS) is 19.2. The van der Waals surface area contributed by atoms with E-state index in [2.05, 4.69) is 5.32 Å². The summed E-state index contributed by atoms with van der Waals surface area (Å²) in [6.45, 7) is 4.06. The topological polar surface area (TPSA) is 78.7 Å². The van der Waals surface area contributed by atoms with Crippen LogP contribution in [0.25, 0.3) is 0 Å². The first-order valence-electron chi connectivity index (χ1n) is 7.14. The molecule has 0 spiro atoms. The van der Waals surface area contributed by atoms with Crippen LogP contribution in [0.5, 0.6) is 0 Å². The Morgan fingerprint density at radius 2 is 1.86 bits per heavy atom. The van der Waals surface area contributed by atoms with E-state index in [1.807, 2.05) is 9.80 Å². The van der Waals surface area contributed by atoms with Crippen molar-refractivity contribution in [1.82, 2.24) is 10.2 Å². The summed E-state index contributed by atoms with van der Waals surface area (Å²) in [5.41, 5.74) is 0.764. The first kappa shape index (κ1) is 13.8. The predicted molar refractivity (Wildman–Crippen MR) is 78.2 cm³/mol. The largest absolute Gasteiger partial charge is 0.362 e. The minimum Gasteiger partial charge on any atom is -0.362 e. The summed E-state index contributed by atoms with van der Waals surface area (Å²) >= 11 is 0. The lowest BCUT2D eigenvalue weighted by Gasteiger charge is -2.39. The second-order valence-corrected chi connectivity index (χ2v) is 5.41. The number of para-hydroxylation sites is 2. The zero-order valence-electron chi connectivity index (χ0n) is 11.7. The van der Waals surface area contributed by atoms with Crippen molar-refractivity contribution in [2.24, 2.45) is 5.92 Å². The number of rotatable bonds is 3. The van der Waals surface area contributed by atoms with Crippen LogP contribution in [0, 0.1) is 16.0 Å². The van der Waals surface area contributed by atoms with E-state index in [-0.39, 0.29) is 22.4 Å². The number of nitro benzene ring substituents is 1. The Labute approximate surface area is 122 Å². The van der Waals surface area contributed by atoms with Crippen LogP contribution < -0.4 is 10.2 Å². The summed E-state index contributed by atoms with van der Waals surface area (Å²) in [5.74, 6) is 0.318. The zero-order valence-corrected chi connectivity index (χ0v) is 11.7. The molecule has 21 heavy (non-hydrogen) atoms. The second kappa shape index (κ2) is 5.69. The summed E-state index contributed by atoms with van der Waals surface area (Å²) in [5, 5.41) is 14.2. The van der Waals surface area contributed by atoms with Crippen molar-refractivity contribution >= 4 is 17.3 Å². The van der Waals surface area contributed by atoms with E-state index >= 15 is 0 Å². The van der Waals surface area contributed by atoms with Crippen LogP contribution in [0.15, 0.2) is 24.3 Å². The third-order valence-corrected chi connectivity index (χ3v) is 4.14. The Morgan fingerprint density at radius 3 is 2.43 bits per heavy atom. The molecule has 2 aliphatic heterocycles. The number of amides is 1. The van der Waals surface area contributed by atoms with Gasteiger partial charge in [0.2, 0.25) is 5.91 Å². The summed E-state index contributed by atoms with van der Waals surface area (Å²) < 4.78 is 0. The van der Waals surface area contributed by atoms with Gasteiger partial charge < -0.3 is 15.1 Å². The number of piperazine rings is 1. The van der Waals surface area contributed by atoms with Crippen LogP contribution in [0.3, 0.4) is 0 Å². The molecule has 0 saturated carbocycles. The van der Waals surface area contributed by atoms with Crippen molar-refractivity contribution in [3.05, 3.63) is 34.4 Å². The van der Waals surface area contributed by atoms with E-state index in [0.29, 0.717) is 31.9 Å². The molecular weight excluding hydrogens is 272 g/mol. The number of carbonyl (C=O) groups is 1. The molecule has 1 amide bonds. The molecule has 0 bridgehead atoms. The third-order valence-electron chi connectivity index (χ3n) is 4.14. The predicted octanol–water partition coefficient (Wildman–Crippen LogP) is 0.463. The number of hydrogen-bond donors (Lipinski definition) is 1. The van der Waals surface area contributed by atoms with Crippen LogP contribution in [-0.2, 0) is 4.79 Å². The van der Waals surface area contributed by atoms with E-state index in [0.717, 1.165) is 13.1 Å². The fourth-order valence-corrected chi connectivity index (χ4v) is 2.78. The van der Waals surface area contributed by atoms with Crippen LogP contribution in [0.2, 0.25) is 0 Å². The van der Waals surface area contributed by atoms with Gasteiger partial charge in [-0.3, -0.25) is 14.9 Å². The maximum Gasteiger partial charge on any atom is 0.292 e. The number of hydrogen-bond acceptors (Lipinski definition) is 5. The van der Waals surface area contributed by atoms with Crippen molar-refractivity contribution in [2.45, 2.75) is 0 Å². The molecule has 2 aliphatic rings. The Balaban J connectivity index is 1.66. The average Bonchev–Trinajstić information content (AvgIpc) is 2.45. The molecule has 2 saturated heterocycles. The Morgan fingerprint density at radius 1 is 1.19 bits per heavy atom. The quantitative estimate of drug-likeness (QED) is 0.646. The molecule has 1 N–H and O–H groups in total. The van der Waals surface area contributed by atoms with Gasteiger partial charge in [0.1, 0.15) is 5.69 Å². The van der Waals surface area contributed by atoms with Gasteiger partial charge in [-0.1, -0.05) is 12.1 Å². The minimum atomic E-state index is -0.354. The van der Waals surface area contributed by atoms with Gasteiger partial charge in [-0.2, -0.15) is 0 Å². The van der Waals surface area contributed by atoms with Crippen LogP contribution in [-0.4, -0.2) is 55.0 Å². The smallest absolute Gasteiger partial charge is 0.292 e. The maximum atomic E-state index is 12.2. The molecule has 0 radical (unpaired) electrons. The number of nitro groups is 1. The molecule has 7 nitrogen and oxygen atoms in total. The SMILES string of the molecule is O=C(C1CNC1)N1CCN(c2ccccc2[N+](=O)[O-])CC1. The van der Waals surface area contributed by atoms with E-state index in [9.17, 15) is 14.9 Å². The zero-order chi connectivity index (χ0) is 14.8. The molecule has 0 aliphatic carbocycles. The summed E-state index contributed by atoms with van der Waals surface area (Å²) in [6, 6.07) is 6.77. The van der Waals surface area contributed by atoms with Gasteiger partial charge in [-0.25, -0.2) is 0 Å². The van der Waals surface area contributed by atoms with Crippen molar-refractivity contribution in [1.29, 1.82) is 0 Å². The van der Waals surface area contributed by atoms with E-state index < -0.39 is 0 Å². The second-order valence-electron chi connectivity index (χ2n) is 5.41. The molecule has 2 heterocycles. The van der Waals surface area contributed by atoms with Gasteiger partial charge in [-0.05, 0) is 6.07 Å². The van der Waals surface area contributed by atoms with Crippen LogP contribution in [0.1, 0.15) is 0 Å². The highest BCUT2D eigenvalue weighted by Crippen LogP contribution is 2.28. The Bertz CT molecular complexity index is 551. The van der Waals surface area contributed by atoms with Gasteiger partial charge in [-0.15, -0.1) is 0 Å². The first-order valence-corrected chi connectivity index (χ1v) is 7.14. The molecule has 112 valence electrons. The fraction of sp³-hybridized carbons (Fsp3) is 0.500. The van der Waals surface area contributed by atoms with E-state index in [4.69, 9.17) is 0 Å². The molecule has 1 aromatic rings. The van der Waals surface area contributed by atoms with Crippen LogP contribution >= 0.6 is 0 Å². The minimum absolute atomic E-state index is 0.114. The maximum absolute atomic E-state index is 12.2. The Kier molecular flexibility index (Phi) is 3.74. The summed E-state index contributed by atoms with van der Waals surface area (Å²) in [6.07, 6.45) is 0. The lowest BCUT2D eigenvalue weighted by molar-refractivity contribution is -0.384. The molecule has 1 aromatic carbocycles. The van der Waals surface area contributed by atoms with Gasteiger partial charge >= 0.3 is 0 Å². The molecule has 0 aromatic heterocycles. The van der Waals surface area contributed by atoms with E-state index in [1.54, 1.807) is 18.2 Å². The third kappa shape index (κ3) is 2.69. The standard InChI is InChI=1S/C14H18N4O3/c19-14(11-9-15-10-11)17-7-5-16(6-8-17)12-3-1-2-4-13(12)18(20)21/h1-4,11,15H,5-10H2. The van der Waals surface area contributed by atoms with Gasteiger partial charge in [0.25, 0.3) is 5.69 Å². The van der Waals surface area contributed by atoms with Crippen molar-refractivity contribution in [3.63, 3.8) is 0 Å². The molecule has 3 rings (SSSR count). The fourth-order valence-electron chi connectivity index (χ4n) is 2.78. The van der Waals surface area contributed by atoms with E-state index in [1.165, 1.54) is 6.07 Å².